The molecule has 0 bridgehead atoms. The number of nitrogens with zero attached hydrogens (tertiary/aromatic N) is 6. The van der Waals surface area contributed by atoms with Crippen molar-refractivity contribution in [3.8, 4) is 33.8 Å². The number of rotatable bonds is 4. The Morgan fingerprint density at radius 3 is 2.09 bits per heavy atom. The van der Waals surface area contributed by atoms with E-state index in [1.807, 2.05) is 29.8 Å². The van der Waals surface area contributed by atoms with E-state index in [1.54, 1.807) is 0 Å². The first kappa shape index (κ1) is 29.5. The van der Waals surface area contributed by atoms with E-state index >= 15 is 0 Å². The first-order valence-corrected chi connectivity index (χ1v) is 18.9. The van der Waals surface area contributed by atoms with Gasteiger partial charge in [0.05, 0.1) is 49.2 Å². The summed E-state index contributed by atoms with van der Waals surface area (Å²) in [5.41, 5.74) is 13.7. The van der Waals surface area contributed by atoms with Crippen molar-refractivity contribution >= 4 is 81.3 Å². The number of benzene rings is 6. The fraction of sp³-hybridized carbons (Fsp3) is 0. The fourth-order valence-electron chi connectivity index (χ4n) is 8.52. The van der Waals surface area contributed by atoms with Crippen molar-refractivity contribution in [1.29, 1.82) is 0 Å². The maximum atomic E-state index is 5.59. The predicted octanol–water partition coefficient (Wildman–Crippen LogP) is 12.0. The van der Waals surface area contributed by atoms with Gasteiger partial charge in [0, 0.05) is 50.1 Å². The first-order chi connectivity index (χ1) is 26.8. The Labute approximate surface area is 312 Å². The van der Waals surface area contributed by atoms with Crippen LogP contribution >= 0.6 is 11.3 Å². The first-order valence-electron chi connectivity index (χ1n) is 18.0. The van der Waals surface area contributed by atoms with Crippen molar-refractivity contribution in [1.82, 2.24) is 28.5 Å². The van der Waals surface area contributed by atoms with Crippen LogP contribution in [0.15, 0.2) is 170 Å². The Kier molecular flexibility index (Phi) is 6.12. The number of fused-ring (bicyclic) bond motifs is 12. The third-order valence-electron chi connectivity index (χ3n) is 10.8. The lowest BCUT2D eigenvalue weighted by Gasteiger charge is -2.16. The molecule has 6 nitrogen and oxygen atoms in total. The molecule has 0 aliphatic heterocycles. The van der Waals surface area contributed by atoms with E-state index in [9.17, 15) is 0 Å². The van der Waals surface area contributed by atoms with Crippen molar-refractivity contribution in [3.63, 3.8) is 0 Å². The molecular weight excluding hydrogens is 681 g/mol. The maximum Gasteiger partial charge on any atom is 0.220 e. The Hall–Kier alpha value is -7.09. The second-order valence-corrected chi connectivity index (χ2v) is 14.7. The Morgan fingerprint density at radius 1 is 0.444 bits per heavy atom. The molecule has 0 N–H and O–H groups in total. The maximum absolute atomic E-state index is 5.59. The van der Waals surface area contributed by atoms with Gasteiger partial charge in [-0.3, -0.25) is 18.9 Å². The Morgan fingerprint density at radius 2 is 1.19 bits per heavy atom. The number of para-hydroxylation sites is 4. The summed E-state index contributed by atoms with van der Waals surface area (Å²) >= 11 is 1.81. The number of pyridine rings is 2. The minimum absolute atomic E-state index is 0.853. The van der Waals surface area contributed by atoms with Gasteiger partial charge in [0.1, 0.15) is 5.52 Å². The monoisotopic (exact) mass is 708 g/mol. The molecule has 0 aliphatic carbocycles. The van der Waals surface area contributed by atoms with Crippen molar-refractivity contribution in [2.45, 2.75) is 0 Å². The Bertz CT molecular complexity index is 3460. The van der Waals surface area contributed by atoms with E-state index in [0.29, 0.717) is 0 Å². The number of thiophene rings is 1. The van der Waals surface area contributed by atoms with E-state index in [2.05, 4.69) is 165 Å². The van der Waals surface area contributed by atoms with Gasteiger partial charge in [0.25, 0.3) is 0 Å². The molecular formula is C47H28N6S. The zero-order valence-electron chi connectivity index (χ0n) is 28.8. The van der Waals surface area contributed by atoms with Crippen LogP contribution in [0.5, 0.6) is 0 Å². The van der Waals surface area contributed by atoms with Crippen LogP contribution in [-0.4, -0.2) is 28.5 Å². The van der Waals surface area contributed by atoms with Crippen LogP contribution in [0.3, 0.4) is 0 Å². The van der Waals surface area contributed by atoms with E-state index in [1.165, 1.54) is 20.2 Å². The molecule has 0 fully saturated rings. The third-order valence-corrected chi connectivity index (χ3v) is 12.0. The fourth-order valence-corrected chi connectivity index (χ4v) is 9.73. The van der Waals surface area contributed by atoms with Crippen LogP contribution in [0.2, 0.25) is 0 Å². The van der Waals surface area contributed by atoms with Gasteiger partial charge < -0.3 is 4.57 Å². The second kappa shape index (κ2) is 11.2. The molecule has 6 aromatic heterocycles. The zero-order chi connectivity index (χ0) is 35.3. The van der Waals surface area contributed by atoms with Crippen LogP contribution in [0, 0.1) is 0 Å². The summed E-state index contributed by atoms with van der Waals surface area (Å²) in [5, 5.41) is 3.58. The van der Waals surface area contributed by atoms with Crippen LogP contribution in [-0.2, 0) is 0 Å². The van der Waals surface area contributed by atoms with Crippen molar-refractivity contribution < 1.29 is 0 Å². The average molecular weight is 709 g/mol. The van der Waals surface area contributed by atoms with Gasteiger partial charge >= 0.3 is 0 Å². The summed E-state index contributed by atoms with van der Waals surface area (Å²) < 4.78 is 9.42. The molecule has 12 rings (SSSR count). The molecule has 0 atom stereocenters. The number of imidazole rings is 2. The number of hydrogen-bond acceptors (Lipinski definition) is 4. The molecule has 252 valence electrons. The predicted molar refractivity (Wildman–Crippen MR) is 223 cm³/mol. The second-order valence-electron chi connectivity index (χ2n) is 13.6. The molecule has 0 radical (unpaired) electrons. The van der Waals surface area contributed by atoms with E-state index in [4.69, 9.17) is 15.0 Å². The summed E-state index contributed by atoms with van der Waals surface area (Å²) in [6.07, 6.45) is 3.82. The molecule has 0 unspecified atom stereocenters. The Balaban J connectivity index is 1.16. The standard InChI is InChI=1S/C47H28N6S/c1-2-13-29(14-3-1)51-39-22-12-27-48-42(39)35-24-25-40-44(45(35)51)50-47-52(37-20-9-10-21-38(37)53(40)47)36-19-8-6-16-31(36)30-15-4-5-18-33(30)43-46-34(26-28-49-43)32-17-7-11-23-41(32)54-46/h1-28H. The summed E-state index contributed by atoms with van der Waals surface area (Å²) in [6, 6.07) is 55.8. The molecule has 6 heterocycles. The van der Waals surface area contributed by atoms with Gasteiger partial charge in [-0.2, -0.15) is 0 Å². The molecule has 54 heavy (non-hydrogen) atoms. The minimum atomic E-state index is 0.853. The lowest BCUT2D eigenvalue weighted by atomic mass is 9.95. The largest absolute Gasteiger partial charge is 0.305 e. The van der Waals surface area contributed by atoms with Crippen LogP contribution in [0.1, 0.15) is 0 Å². The van der Waals surface area contributed by atoms with Gasteiger partial charge in [-0.15, -0.1) is 11.3 Å². The number of hydrogen-bond donors (Lipinski definition) is 0. The van der Waals surface area contributed by atoms with Gasteiger partial charge in [0.15, 0.2) is 0 Å². The SMILES string of the molecule is c1ccc(-n2c3cccnc3c3ccc4c(nc5n(-c6ccccc6-c6ccccc6-c6nccc7c6sc6ccccc67)c6ccccc6n45)c32)cc1. The van der Waals surface area contributed by atoms with Crippen molar-refractivity contribution in [3.05, 3.63) is 170 Å². The summed E-state index contributed by atoms with van der Waals surface area (Å²) in [4.78, 5) is 15.5. The van der Waals surface area contributed by atoms with Crippen LogP contribution in [0.4, 0.5) is 0 Å². The summed E-state index contributed by atoms with van der Waals surface area (Å²) in [5.74, 6) is 0.853. The molecule has 12 aromatic rings. The molecule has 7 heteroatoms. The molecule has 0 spiro atoms. The third kappa shape index (κ3) is 4.01. The lowest BCUT2D eigenvalue weighted by Crippen LogP contribution is -1.99. The smallest absolute Gasteiger partial charge is 0.220 e. The molecule has 0 saturated carbocycles. The molecule has 0 aliphatic rings. The highest BCUT2D eigenvalue weighted by Crippen LogP contribution is 2.44. The molecule has 0 saturated heterocycles. The highest BCUT2D eigenvalue weighted by atomic mass is 32.1. The van der Waals surface area contributed by atoms with E-state index in [-0.39, 0.29) is 0 Å². The molecule has 6 aromatic carbocycles. The topological polar surface area (TPSA) is 52.9 Å². The highest BCUT2D eigenvalue weighted by Gasteiger charge is 2.24. The average Bonchev–Trinajstić information content (AvgIpc) is 3.98. The zero-order valence-corrected chi connectivity index (χ0v) is 29.6. The van der Waals surface area contributed by atoms with Gasteiger partial charge in [0.2, 0.25) is 5.78 Å². The van der Waals surface area contributed by atoms with Gasteiger partial charge in [-0.25, -0.2) is 4.98 Å². The normalized spacial score (nSPS) is 12.1. The van der Waals surface area contributed by atoms with Gasteiger partial charge in [-0.1, -0.05) is 91.0 Å². The quantitative estimate of drug-likeness (QED) is 0.183. The highest BCUT2D eigenvalue weighted by molar-refractivity contribution is 7.26. The summed E-state index contributed by atoms with van der Waals surface area (Å²) in [7, 11) is 0. The van der Waals surface area contributed by atoms with Crippen molar-refractivity contribution in [2.24, 2.45) is 0 Å². The minimum Gasteiger partial charge on any atom is -0.305 e. The molecule has 0 amide bonds. The summed E-state index contributed by atoms with van der Waals surface area (Å²) in [6.45, 7) is 0. The van der Waals surface area contributed by atoms with Gasteiger partial charge in [-0.05, 0) is 72.3 Å². The van der Waals surface area contributed by atoms with Crippen LogP contribution in [0.25, 0.3) is 104 Å². The lowest BCUT2D eigenvalue weighted by molar-refractivity contribution is 1.11. The van der Waals surface area contributed by atoms with Crippen LogP contribution < -0.4 is 0 Å². The van der Waals surface area contributed by atoms with E-state index < -0.39 is 0 Å². The van der Waals surface area contributed by atoms with E-state index in [0.717, 1.165) is 83.5 Å². The number of aromatic nitrogens is 6. The van der Waals surface area contributed by atoms with Crippen molar-refractivity contribution in [2.75, 3.05) is 0 Å².